The Morgan fingerprint density at radius 3 is 2.65 bits per heavy atom. The Morgan fingerprint density at radius 1 is 1.35 bits per heavy atom. The van der Waals surface area contributed by atoms with Crippen molar-refractivity contribution in [3.8, 4) is 0 Å². The molecule has 1 N–H and O–H groups in total. The van der Waals surface area contributed by atoms with Gasteiger partial charge in [-0.3, -0.25) is 9.69 Å². The minimum Gasteiger partial charge on any atom is -0.480 e. The highest BCUT2D eigenvalue weighted by Crippen LogP contribution is 2.31. The van der Waals surface area contributed by atoms with Crippen LogP contribution in [0.25, 0.3) is 0 Å². The molecule has 110 valence electrons. The molecule has 1 fully saturated rings. The van der Waals surface area contributed by atoms with Crippen LogP contribution in [0.1, 0.15) is 24.0 Å². The van der Waals surface area contributed by atoms with Gasteiger partial charge in [-0.05, 0) is 43.1 Å². The summed E-state index contributed by atoms with van der Waals surface area (Å²) in [5, 5.41) is 9.00. The molecule has 1 atom stereocenters. The smallest absolute Gasteiger partial charge is 0.416 e. The summed E-state index contributed by atoms with van der Waals surface area (Å²) in [6.45, 7) is 0.479. The molecule has 1 unspecified atom stereocenters. The van der Waals surface area contributed by atoms with Gasteiger partial charge < -0.3 is 5.11 Å². The summed E-state index contributed by atoms with van der Waals surface area (Å²) in [7, 11) is 0. The van der Waals surface area contributed by atoms with Crippen LogP contribution in [0.15, 0.2) is 18.2 Å². The van der Waals surface area contributed by atoms with Gasteiger partial charge in [0.25, 0.3) is 0 Å². The predicted molar refractivity (Wildman–Crippen MR) is 62.5 cm³/mol. The lowest BCUT2D eigenvalue weighted by molar-refractivity contribution is -0.142. The number of nitrogens with zero attached hydrogens (tertiary/aromatic N) is 1. The molecule has 20 heavy (non-hydrogen) atoms. The number of likely N-dealkylation sites (tertiary alicyclic amines) is 1. The zero-order valence-electron chi connectivity index (χ0n) is 10.5. The van der Waals surface area contributed by atoms with Crippen LogP contribution >= 0.6 is 0 Å². The van der Waals surface area contributed by atoms with E-state index in [1.165, 1.54) is 0 Å². The quantitative estimate of drug-likeness (QED) is 0.871. The van der Waals surface area contributed by atoms with Crippen molar-refractivity contribution in [1.29, 1.82) is 0 Å². The van der Waals surface area contributed by atoms with E-state index in [0.717, 1.165) is 12.1 Å². The topological polar surface area (TPSA) is 40.5 Å². The van der Waals surface area contributed by atoms with E-state index in [1.807, 2.05) is 0 Å². The second-order valence-corrected chi connectivity index (χ2v) is 4.81. The molecule has 1 aromatic rings. The van der Waals surface area contributed by atoms with Crippen LogP contribution < -0.4 is 0 Å². The van der Waals surface area contributed by atoms with Crippen LogP contribution in [0.4, 0.5) is 17.6 Å². The molecule has 0 spiro atoms. The minimum atomic E-state index is -4.62. The first kappa shape index (κ1) is 14.8. The summed E-state index contributed by atoms with van der Waals surface area (Å²) in [6, 6.07) is 1.59. The van der Waals surface area contributed by atoms with E-state index < -0.39 is 29.6 Å². The first-order chi connectivity index (χ1) is 9.27. The Morgan fingerprint density at radius 2 is 2.05 bits per heavy atom. The molecular weight excluding hydrogens is 278 g/mol. The molecule has 1 heterocycles. The third-order valence-electron chi connectivity index (χ3n) is 3.32. The van der Waals surface area contributed by atoms with E-state index >= 15 is 0 Å². The van der Waals surface area contributed by atoms with Crippen molar-refractivity contribution in [2.45, 2.75) is 31.6 Å². The van der Waals surface area contributed by atoms with E-state index in [-0.39, 0.29) is 12.1 Å². The summed E-state index contributed by atoms with van der Waals surface area (Å²) in [5.74, 6) is -1.98. The van der Waals surface area contributed by atoms with Gasteiger partial charge in [0.1, 0.15) is 11.9 Å². The van der Waals surface area contributed by atoms with E-state index in [1.54, 1.807) is 4.90 Å². The number of alkyl halides is 3. The lowest BCUT2D eigenvalue weighted by atomic mass is 10.1. The molecule has 1 aromatic carbocycles. The van der Waals surface area contributed by atoms with Crippen LogP contribution in [-0.4, -0.2) is 28.6 Å². The molecule has 0 radical (unpaired) electrons. The van der Waals surface area contributed by atoms with Crippen LogP contribution in [-0.2, 0) is 17.5 Å². The van der Waals surface area contributed by atoms with Crippen LogP contribution in [0.3, 0.4) is 0 Å². The molecule has 1 saturated heterocycles. The Kier molecular flexibility index (Phi) is 3.99. The molecule has 0 aromatic heterocycles. The van der Waals surface area contributed by atoms with Gasteiger partial charge in [-0.25, -0.2) is 4.39 Å². The minimum absolute atomic E-state index is 0.00218. The fourth-order valence-electron chi connectivity index (χ4n) is 2.43. The molecule has 0 aliphatic carbocycles. The standard InChI is InChI=1S/C13H13F4NO2/c14-10-5-8(4-9(6-10)13(15,16)17)7-18-3-1-2-11(18)12(19)20/h4-6,11H,1-3,7H2,(H,19,20). The number of hydrogen-bond donors (Lipinski definition) is 1. The van der Waals surface area contributed by atoms with Gasteiger partial charge in [0.05, 0.1) is 5.56 Å². The van der Waals surface area contributed by atoms with Crippen molar-refractivity contribution >= 4 is 5.97 Å². The van der Waals surface area contributed by atoms with Crippen LogP contribution in [0, 0.1) is 5.82 Å². The third kappa shape index (κ3) is 3.27. The Hall–Kier alpha value is -1.63. The Balaban J connectivity index is 2.21. The van der Waals surface area contributed by atoms with Gasteiger partial charge in [0.15, 0.2) is 0 Å². The van der Waals surface area contributed by atoms with E-state index in [4.69, 9.17) is 5.11 Å². The van der Waals surface area contributed by atoms with Gasteiger partial charge in [0, 0.05) is 6.54 Å². The van der Waals surface area contributed by atoms with Crippen LogP contribution in [0.5, 0.6) is 0 Å². The highest BCUT2D eigenvalue weighted by molar-refractivity contribution is 5.73. The average molecular weight is 291 g/mol. The highest BCUT2D eigenvalue weighted by atomic mass is 19.4. The molecule has 3 nitrogen and oxygen atoms in total. The average Bonchev–Trinajstić information content (AvgIpc) is 2.75. The molecular formula is C13H13F4NO2. The summed E-state index contributed by atoms with van der Waals surface area (Å²) < 4.78 is 51.0. The van der Waals surface area contributed by atoms with E-state index in [2.05, 4.69) is 0 Å². The lowest BCUT2D eigenvalue weighted by Gasteiger charge is -2.21. The number of carboxylic acid groups (broad SMARTS) is 1. The molecule has 1 aliphatic heterocycles. The third-order valence-corrected chi connectivity index (χ3v) is 3.32. The zero-order chi connectivity index (χ0) is 14.9. The summed E-state index contributed by atoms with van der Waals surface area (Å²) >= 11 is 0. The molecule has 2 rings (SSSR count). The van der Waals surface area contributed by atoms with Crippen molar-refractivity contribution in [2.24, 2.45) is 0 Å². The normalized spacial score (nSPS) is 20.3. The maximum atomic E-state index is 13.3. The van der Waals surface area contributed by atoms with Gasteiger partial charge in [-0.15, -0.1) is 0 Å². The number of benzene rings is 1. The maximum Gasteiger partial charge on any atom is 0.416 e. The molecule has 0 saturated carbocycles. The first-order valence-corrected chi connectivity index (χ1v) is 6.11. The van der Waals surface area contributed by atoms with Crippen molar-refractivity contribution < 1.29 is 27.5 Å². The predicted octanol–water partition coefficient (Wildman–Crippen LogP) is 2.89. The SMILES string of the molecule is O=C(O)C1CCCN1Cc1cc(F)cc(C(F)(F)F)c1. The van der Waals surface area contributed by atoms with Gasteiger partial charge >= 0.3 is 12.1 Å². The van der Waals surface area contributed by atoms with Crippen LogP contribution in [0.2, 0.25) is 0 Å². The zero-order valence-corrected chi connectivity index (χ0v) is 10.5. The fourth-order valence-corrected chi connectivity index (χ4v) is 2.43. The number of aliphatic carboxylic acids is 1. The molecule has 1 aliphatic rings. The number of carboxylic acids is 1. The Labute approximate surface area is 112 Å². The molecule has 7 heteroatoms. The van der Waals surface area contributed by atoms with Crippen molar-refractivity contribution in [1.82, 2.24) is 4.90 Å². The summed E-state index contributed by atoms with van der Waals surface area (Å²) in [4.78, 5) is 12.6. The highest BCUT2D eigenvalue weighted by Gasteiger charge is 2.33. The molecule has 0 amide bonds. The van der Waals surface area contributed by atoms with Gasteiger partial charge in [-0.1, -0.05) is 0 Å². The number of hydrogen-bond acceptors (Lipinski definition) is 2. The monoisotopic (exact) mass is 291 g/mol. The number of halogens is 4. The lowest BCUT2D eigenvalue weighted by Crippen LogP contribution is -2.35. The Bertz CT molecular complexity index is 516. The van der Waals surface area contributed by atoms with Gasteiger partial charge in [-0.2, -0.15) is 13.2 Å². The fraction of sp³-hybridized carbons (Fsp3) is 0.462. The van der Waals surface area contributed by atoms with Crippen molar-refractivity contribution in [2.75, 3.05) is 6.54 Å². The van der Waals surface area contributed by atoms with E-state index in [9.17, 15) is 22.4 Å². The van der Waals surface area contributed by atoms with Gasteiger partial charge in [0.2, 0.25) is 0 Å². The second kappa shape index (κ2) is 5.40. The number of rotatable bonds is 3. The van der Waals surface area contributed by atoms with Crippen molar-refractivity contribution in [3.05, 3.63) is 35.1 Å². The summed E-state index contributed by atoms with van der Waals surface area (Å²) in [6.07, 6.45) is -3.50. The largest absolute Gasteiger partial charge is 0.480 e. The number of carbonyl (C=O) groups is 1. The summed E-state index contributed by atoms with van der Waals surface area (Å²) in [5.41, 5.74) is -0.927. The second-order valence-electron chi connectivity index (χ2n) is 4.81. The first-order valence-electron chi connectivity index (χ1n) is 6.11. The maximum absolute atomic E-state index is 13.3. The van der Waals surface area contributed by atoms with Crippen molar-refractivity contribution in [3.63, 3.8) is 0 Å². The molecule has 0 bridgehead atoms. The van der Waals surface area contributed by atoms with E-state index in [0.29, 0.717) is 25.5 Å².